The Kier molecular flexibility index (Phi) is 6.26. The molecule has 1 aromatic carbocycles. The Morgan fingerprint density at radius 3 is 3.00 bits per heavy atom. The van der Waals surface area contributed by atoms with E-state index < -0.39 is 5.91 Å². The first-order valence-corrected chi connectivity index (χ1v) is 10.0. The zero-order valence-corrected chi connectivity index (χ0v) is 18.4. The molecule has 12 heteroatoms. The van der Waals surface area contributed by atoms with Crippen LogP contribution in [0.25, 0.3) is 16.9 Å². The summed E-state index contributed by atoms with van der Waals surface area (Å²) in [6.07, 6.45) is 7.51. The number of nitrogens with zero attached hydrogens (tertiary/aromatic N) is 8. The summed E-state index contributed by atoms with van der Waals surface area (Å²) in [7, 11) is 3.11. The van der Waals surface area contributed by atoms with Crippen molar-refractivity contribution < 1.29 is 9.53 Å². The molecule has 1 amide bonds. The van der Waals surface area contributed by atoms with Crippen LogP contribution in [0.3, 0.4) is 0 Å². The third kappa shape index (κ3) is 4.30. The molecule has 0 unspecified atom stereocenters. The molecule has 0 radical (unpaired) electrons. The molecule has 0 spiro atoms. The summed E-state index contributed by atoms with van der Waals surface area (Å²) >= 11 is 0. The Balaban J connectivity index is 1.79. The van der Waals surface area contributed by atoms with Crippen LogP contribution in [0.4, 0.5) is 5.69 Å². The third-order valence-electron chi connectivity index (χ3n) is 4.90. The number of carbonyl (C=O) groups is 1. The monoisotopic (exact) mass is 456 g/mol. The molecule has 3 heterocycles. The second kappa shape index (κ2) is 9.61. The fourth-order valence-electron chi connectivity index (χ4n) is 3.33. The number of carbonyl (C=O) groups excluding carboxylic acids is 1. The molecule has 3 N–H and O–H groups in total. The minimum atomic E-state index is -0.422. The van der Waals surface area contributed by atoms with Crippen LogP contribution >= 0.6 is 0 Å². The van der Waals surface area contributed by atoms with Crippen molar-refractivity contribution in [2.45, 2.75) is 6.54 Å². The number of methoxy groups -OCH3 is 1. The fraction of sp³-hybridized carbons (Fsp3) is 0.136. The van der Waals surface area contributed by atoms with Gasteiger partial charge in [0, 0.05) is 31.2 Å². The van der Waals surface area contributed by atoms with Crippen LogP contribution in [0.15, 0.2) is 59.0 Å². The van der Waals surface area contributed by atoms with E-state index in [4.69, 9.17) is 10.5 Å². The van der Waals surface area contributed by atoms with Crippen molar-refractivity contribution in [2.24, 2.45) is 15.7 Å². The van der Waals surface area contributed by atoms with E-state index in [1.54, 1.807) is 54.6 Å². The summed E-state index contributed by atoms with van der Waals surface area (Å²) in [6, 6.07) is 8.78. The molecule has 0 aliphatic heterocycles. The van der Waals surface area contributed by atoms with Gasteiger partial charge in [0.2, 0.25) is 0 Å². The molecule has 0 aliphatic rings. The van der Waals surface area contributed by atoms with Gasteiger partial charge in [-0.2, -0.15) is 15.5 Å². The van der Waals surface area contributed by atoms with E-state index in [0.29, 0.717) is 45.3 Å². The maximum absolute atomic E-state index is 13.2. The number of aliphatic imine (C=N–C) groups is 2. The number of rotatable bonds is 6. The van der Waals surface area contributed by atoms with Gasteiger partial charge in [-0.15, -0.1) is 0 Å². The van der Waals surface area contributed by atoms with E-state index in [-0.39, 0.29) is 6.54 Å². The highest BCUT2D eigenvalue weighted by molar-refractivity contribution is 6.09. The SMILES string of the molecule is CN=C(Cn1cc(NC(=O)c2cnn3cccnc23)c(-c2cc(C#N)ccc2OC)n1)N=CN. The Morgan fingerprint density at radius 2 is 2.26 bits per heavy atom. The van der Waals surface area contributed by atoms with Gasteiger partial charge in [0.05, 0.1) is 37.0 Å². The van der Waals surface area contributed by atoms with Gasteiger partial charge in [0.1, 0.15) is 29.4 Å². The summed E-state index contributed by atoms with van der Waals surface area (Å²) in [6.45, 7) is 0.200. The Bertz CT molecular complexity index is 1460. The molecule has 0 fully saturated rings. The highest BCUT2D eigenvalue weighted by atomic mass is 16.5. The second-order valence-corrected chi connectivity index (χ2v) is 6.93. The average Bonchev–Trinajstić information content (AvgIpc) is 3.47. The highest BCUT2D eigenvalue weighted by Crippen LogP contribution is 2.35. The topological polar surface area (TPSA) is 161 Å². The van der Waals surface area contributed by atoms with Gasteiger partial charge < -0.3 is 15.8 Å². The fourth-order valence-corrected chi connectivity index (χ4v) is 3.33. The highest BCUT2D eigenvalue weighted by Gasteiger charge is 2.21. The Labute approximate surface area is 194 Å². The summed E-state index contributed by atoms with van der Waals surface area (Å²) in [5, 5.41) is 21.0. The third-order valence-corrected chi connectivity index (χ3v) is 4.90. The largest absolute Gasteiger partial charge is 0.496 e. The lowest BCUT2D eigenvalue weighted by Crippen LogP contribution is -2.12. The van der Waals surface area contributed by atoms with Crippen LogP contribution < -0.4 is 15.8 Å². The van der Waals surface area contributed by atoms with E-state index in [1.807, 2.05) is 0 Å². The molecular weight excluding hydrogens is 436 g/mol. The molecule has 4 rings (SSSR count). The van der Waals surface area contributed by atoms with Crippen molar-refractivity contribution in [1.29, 1.82) is 5.26 Å². The van der Waals surface area contributed by atoms with Crippen LogP contribution in [0.2, 0.25) is 0 Å². The molecule has 0 saturated carbocycles. The number of nitrogens with one attached hydrogen (secondary N) is 1. The molecule has 0 aliphatic carbocycles. The molecule has 12 nitrogen and oxygen atoms in total. The van der Waals surface area contributed by atoms with E-state index >= 15 is 0 Å². The van der Waals surface area contributed by atoms with Gasteiger partial charge in [-0.05, 0) is 24.3 Å². The number of hydrogen-bond donors (Lipinski definition) is 2. The van der Waals surface area contributed by atoms with E-state index in [1.165, 1.54) is 17.8 Å². The number of amidine groups is 1. The first kappa shape index (κ1) is 22.2. The predicted molar refractivity (Wildman–Crippen MR) is 126 cm³/mol. The van der Waals surface area contributed by atoms with Crippen molar-refractivity contribution in [3.05, 3.63) is 60.2 Å². The standard InChI is InChI=1S/C22H20N10O2/c1-25-19(27-13-24)12-31-11-17(20(30-31)15-8-14(9-23)4-5-18(15)34-2)29-22(33)16-10-28-32-7-3-6-26-21(16)32/h3-8,10-11,13H,12H2,1-2H3,(H,29,33)(H2,24,25,27). The van der Waals surface area contributed by atoms with Gasteiger partial charge in [-0.1, -0.05) is 0 Å². The zero-order chi connectivity index (χ0) is 24.1. The quantitative estimate of drug-likeness (QED) is 0.330. The lowest BCUT2D eigenvalue weighted by molar-refractivity contribution is 0.102. The number of fused-ring (bicyclic) bond motifs is 1. The van der Waals surface area contributed by atoms with Gasteiger partial charge in [-0.3, -0.25) is 14.5 Å². The molecule has 0 bridgehead atoms. The molecule has 4 aromatic rings. The minimum Gasteiger partial charge on any atom is -0.496 e. The normalized spacial score (nSPS) is 11.6. The zero-order valence-electron chi connectivity index (χ0n) is 18.4. The number of nitrogens with two attached hydrogens (primary N) is 1. The first-order valence-electron chi connectivity index (χ1n) is 10.0. The maximum atomic E-state index is 13.2. The van der Waals surface area contributed by atoms with Crippen molar-refractivity contribution in [1.82, 2.24) is 24.4 Å². The summed E-state index contributed by atoms with van der Waals surface area (Å²) in [5.41, 5.74) is 7.84. The first-order chi connectivity index (χ1) is 16.6. The van der Waals surface area contributed by atoms with Crippen LogP contribution in [0.1, 0.15) is 15.9 Å². The molecule has 3 aromatic heterocycles. The van der Waals surface area contributed by atoms with Crippen molar-refractivity contribution in [3.63, 3.8) is 0 Å². The number of benzene rings is 1. The maximum Gasteiger partial charge on any atom is 0.261 e. The number of nitriles is 1. The summed E-state index contributed by atoms with van der Waals surface area (Å²) in [4.78, 5) is 25.5. The van der Waals surface area contributed by atoms with E-state index in [0.717, 1.165) is 6.34 Å². The molecule has 0 saturated heterocycles. The van der Waals surface area contributed by atoms with E-state index in [9.17, 15) is 10.1 Å². The van der Waals surface area contributed by atoms with Gasteiger partial charge in [-0.25, -0.2) is 14.5 Å². The number of hydrogen-bond acceptors (Lipinski definition) is 7. The Hall–Kier alpha value is -5.05. The summed E-state index contributed by atoms with van der Waals surface area (Å²) in [5.74, 6) is 0.495. The molecule has 0 atom stereocenters. The average molecular weight is 456 g/mol. The van der Waals surface area contributed by atoms with Crippen molar-refractivity contribution in [3.8, 4) is 23.1 Å². The lowest BCUT2D eigenvalue weighted by Gasteiger charge is -2.09. The van der Waals surface area contributed by atoms with Gasteiger partial charge in [0.15, 0.2) is 5.65 Å². The van der Waals surface area contributed by atoms with Crippen LogP contribution in [0, 0.1) is 11.3 Å². The molecule has 170 valence electrons. The number of amides is 1. The van der Waals surface area contributed by atoms with Gasteiger partial charge in [0.25, 0.3) is 5.91 Å². The minimum absolute atomic E-state index is 0.200. The second-order valence-electron chi connectivity index (χ2n) is 6.93. The number of anilines is 1. The Morgan fingerprint density at radius 1 is 1.41 bits per heavy atom. The van der Waals surface area contributed by atoms with Crippen LogP contribution in [0.5, 0.6) is 5.75 Å². The summed E-state index contributed by atoms with van der Waals surface area (Å²) < 4.78 is 8.55. The van der Waals surface area contributed by atoms with E-state index in [2.05, 4.69) is 36.6 Å². The number of aromatic nitrogens is 5. The molecular formula is C22H20N10O2. The van der Waals surface area contributed by atoms with Crippen LogP contribution in [-0.2, 0) is 6.54 Å². The van der Waals surface area contributed by atoms with Crippen LogP contribution in [-0.4, -0.2) is 56.6 Å². The van der Waals surface area contributed by atoms with Crippen molar-refractivity contribution in [2.75, 3.05) is 19.5 Å². The smallest absolute Gasteiger partial charge is 0.261 e. The van der Waals surface area contributed by atoms with Crippen molar-refractivity contribution >= 4 is 29.4 Å². The lowest BCUT2D eigenvalue weighted by atomic mass is 10.1. The molecule has 34 heavy (non-hydrogen) atoms. The predicted octanol–water partition coefficient (Wildman–Crippen LogP) is 1.74. The van der Waals surface area contributed by atoms with Gasteiger partial charge >= 0.3 is 0 Å². The number of ether oxygens (including phenoxy) is 1.